The predicted octanol–water partition coefficient (Wildman–Crippen LogP) is 0.490. The molecule has 0 bridgehead atoms. The molecule has 2 aromatic rings. The number of carbonyl (C=O) groups excluding carboxylic acids is 1. The van der Waals surface area contributed by atoms with E-state index in [-0.39, 0.29) is 5.91 Å². The van der Waals surface area contributed by atoms with E-state index < -0.39 is 0 Å². The zero-order valence-corrected chi connectivity index (χ0v) is 11.1. The molecular weight excluding hydrogens is 244 g/mol. The number of amides is 1. The smallest absolute Gasteiger partial charge is 0.272 e. The Morgan fingerprint density at radius 1 is 1.37 bits per heavy atom. The molecule has 2 heterocycles. The third-order valence-corrected chi connectivity index (χ3v) is 2.93. The Hall–Kier alpha value is -2.44. The molecule has 0 spiro atoms. The summed E-state index contributed by atoms with van der Waals surface area (Å²) in [6.45, 7) is 2.38. The van der Waals surface area contributed by atoms with Gasteiger partial charge in [-0.05, 0) is 19.1 Å². The van der Waals surface area contributed by atoms with Crippen molar-refractivity contribution in [2.45, 2.75) is 13.5 Å². The molecule has 0 radical (unpaired) electrons. The van der Waals surface area contributed by atoms with E-state index in [1.807, 2.05) is 14.0 Å². The van der Waals surface area contributed by atoms with Crippen LogP contribution in [0.5, 0.6) is 0 Å². The minimum atomic E-state index is -0.251. The first-order valence-corrected chi connectivity index (χ1v) is 5.89. The Kier molecular flexibility index (Phi) is 3.74. The number of hydrogen-bond donors (Lipinski definition) is 2. The highest BCUT2D eigenvalue weighted by molar-refractivity contribution is 5.92. The van der Waals surface area contributed by atoms with Crippen LogP contribution >= 0.6 is 0 Å². The lowest BCUT2D eigenvalue weighted by atomic mass is 10.2. The second kappa shape index (κ2) is 5.47. The highest BCUT2D eigenvalue weighted by atomic mass is 16.1. The quantitative estimate of drug-likeness (QED) is 0.835. The molecule has 1 amide bonds. The summed E-state index contributed by atoms with van der Waals surface area (Å²) in [6.07, 6.45) is 1.74. The topological polar surface area (TPSA) is 84.7 Å². The largest absolute Gasteiger partial charge is 0.372 e. The van der Waals surface area contributed by atoms with Crippen LogP contribution in [0.2, 0.25) is 0 Å². The van der Waals surface area contributed by atoms with Crippen LogP contribution in [0.25, 0.3) is 0 Å². The van der Waals surface area contributed by atoms with E-state index in [0.717, 1.165) is 11.3 Å². The van der Waals surface area contributed by atoms with Gasteiger partial charge in [-0.2, -0.15) is 5.10 Å². The van der Waals surface area contributed by atoms with Crippen molar-refractivity contribution in [1.82, 2.24) is 25.3 Å². The van der Waals surface area contributed by atoms with Crippen LogP contribution in [-0.4, -0.2) is 32.9 Å². The average molecular weight is 260 g/mol. The molecule has 7 heteroatoms. The minimum Gasteiger partial charge on any atom is -0.372 e. The monoisotopic (exact) mass is 260 g/mol. The molecule has 0 unspecified atom stereocenters. The number of rotatable bonds is 4. The summed E-state index contributed by atoms with van der Waals surface area (Å²) in [6, 6.07) is 3.33. The van der Waals surface area contributed by atoms with Crippen molar-refractivity contribution in [1.29, 1.82) is 0 Å². The molecule has 0 fully saturated rings. The van der Waals surface area contributed by atoms with E-state index in [4.69, 9.17) is 0 Å². The van der Waals surface area contributed by atoms with Gasteiger partial charge in [-0.1, -0.05) is 0 Å². The maximum atomic E-state index is 11.9. The standard InChI is InChI=1S/C12H16N6O/c1-8-9(7-15-18(8)3)6-14-12(19)10-4-5-11(13-2)17-16-10/h4-5,7H,6H2,1-3H3,(H,13,17)(H,14,19). The van der Waals surface area contributed by atoms with E-state index in [1.54, 1.807) is 30.1 Å². The lowest BCUT2D eigenvalue weighted by Crippen LogP contribution is -2.24. The van der Waals surface area contributed by atoms with Gasteiger partial charge in [-0.15, -0.1) is 10.2 Å². The van der Waals surface area contributed by atoms with Crippen molar-refractivity contribution in [2.24, 2.45) is 7.05 Å². The zero-order chi connectivity index (χ0) is 13.8. The Morgan fingerprint density at radius 2 is 2.16 bits per heavy atom. The van der Waals surface area contributed by atoms with E-state index in [9.17, 15) is 4.79 Å². The molecule has 7 nitrogen and oxygen atoms in total. The fourth-order valence-electron chi connectivity index (χ4n) is 1.57. The SMILES string of the molecule is CNc1ccc(C(=O)NCc2cnn(C)c2C)nn1. The summed E-state index contributed by atoms with van der Waals surface area (Å²) >= 11 is 0. The molecule has 2 rings (SSSR count). The molecule has 0 saturated carbocycles. The Balaban J connectivity index is 1.99. The van der Waals surface area contributed by atoms with Crippen LogP contribution in [0.3, 0.4) is 0 Å². The Bertz CT molecular complexity index is 574. The molecular formula is C12H16N6O. The number of hydrogen-bond acceptors (Lipinski definition) is 5. The van der Waals surface area contributed by atoms with Gasteiger partial charge in [0, 0.05) is 31.9 Å². The van der Waals surface area contributed by atoms with Crippen molar-refractivity contribution in [2.75, 3.05) is 12.4 Å². The first-order chi connectivity index (χ1) is 9.11. The summed E-state index contributed by atoms with van der Waals surface area (Å²) in [4.78, 5) is 11.9. The highest BCUT2D eigenvalue weighted by Gasteiger charge is 2.09. The molecule has 100 valence electrons. The minimum absolute atomic E-state index is 0.251. The summed E-state index contributed by atoms with van der Waals surface area (Å²) in [7, 11) is 3.61. The molecule has 2 aromatic heterocycles. The lowest BCUT2D eigenvalue weighted by Gasteiger charge is -2.04. The van der Waals surface area contributed by atoms with Gasteiger partial charge in [0.2, 0.25) is 0 Å². The molecule has 19 heavy (non-hydrogen) atoms. The third-order valence-electron chi connectivity index (χ3n) is 2.93. The fraction of sp³-hybridized carbons (Fsp3) is 0.333. The van der Waals surface area contributed by atoms with Gasteiger partial charge in [-0.25, -0.2) is 0 Å². The number of nitrogens with one attached hydrogen (secondary N) is 2. The molecule has 0 aliphatic heterocycles. The van der Waals surface area contributed by atoms with Gasteiger partial charge >= 0.3 is 0 Å². The highest BCUT2D eigenvalue weighted by Crippen LogP contribution is 2.05. The number of carbonyl (C=O) groups is 1. The van der Waals surface area contributed by atoms with E-state index in [2.05, 4.69) is 25.9 Å². The van der Waals surface area contributed by atoms with Gasteiger partial charge in [0.05, 0.1) is 6.20 Å². The fourth-order valence-corrected chi connectivity index (χ4v) is 1.57. The van der Waals surface area contributed by atoms with Crippen LogP contribution in [0, 0.1) is 6.92 Å². The second-order valence-corrected chi connectivity index (χ2v) is 4.12. The van der Waals surface area contributed by atoms with Crippen molar-refractivity contribution < 1.29 is 4.79 Å². The van der Waals surface area contributed by atoms with Crippen molar-refractivity contribution in [3.63, 3.8) is 0 Å². The molecule has 2 N–H and O–H groups in total. The summed E-state index contributed by atoms with van der Waals surface area (Å²) < 4.78 is 1.77. The molecule has 0 aromatic carbocycles. The van der Waals surface area contributed by atoms with Crippen LogP contribution < -0.4 is 10.6 Å². The van der Waals surface area contributed by atoms with Gasteiger partial charge in [0.15, 0.2) is 5.69 Å². The molecule has 0 aliphatic carbocycles. The van der Waals surface area contributed by atoms with Crippen LogP contribution in [0.1, 0.15) is 21.7 Å². The number of nitrogens with zero attached hydrogens (tertiary/aromatic N) is 4. The van der Waals surface area contributed by atoms with Crippen LogP contribution in [-0.2, 0) is 13.6 Å². The first kappa shape index (κ1) is 13.0. The third kappa shape index (κ3) is 2.87. The number of anilines is 1. The van der Waals surface area contributed by atoms with Gasteiger partial charge in [0.1, 0.15) is 5.82 Å². The normalized spacial score (nSPS) is 10.3. The number of aryl methyl sites for hydroxylation is 1. The van der Waals surface area contributed by atoms with Gasteiger partial charge < -0.3 is 10.6 Å². The maximum absolute atomic E-state index is 11.9. The van der Waals surface area contributed by atoms with Gasteiger partial charge in [0.25, 0.3) is 5.91 Å². The second-order valence-electron chi connectivity index (χ2n) is 4.12. The summed E-state index contributed by atoms with van der Waals surface area (Å²) in [5, 5.41) is 17.5. The van der Waals surface area contributed by atoms with E-state index in [1.165, 1.54) is 0 Å². The van der Waals surface area contributed by atoms with Crippen molar-refractivity contribution in [3.8, 4) is 0 Å². The van der Waals surface area contributed by atoms with E-state index >= 15 is 0 Å². The van der Waals surface area contributed by atoms with E-state index in [0.29, 0.717) is 18.1 Å². The lowest BCUT2D eigenvalue weighted by molar-refractivity contribution is 0.0945. The average Bonchev–Trinajstić information content (AvgIpc) is 2.76. The molecule has 0 saturated heterocycles. The predicted molar refractivity (Wildman–Crippen MR) is 70.7 cm³/mol. The molecule has 0 aliphatic rings. The maximum Gasteiger partial charge on any atom is 0.272 e. The number of aromatic nitrogens is 4. The zero-order valence-electron chi connectivity index (χ0n) is 11.1. The molecule has 0 atom stereocenters. The van der Waals surface area contributed by atoms with Crippen LogP contribution in [0.4, 0.5) is 5.82 Å². The summed E-state index contributed by atoms with van der Waals surface area (Å²) in [5.41, 5.74) is 2.30. The van der Waals surface area contributed by atoms with Gasteiger partial charge in [-0.3, -0.25) is 9.48 Å². The van der Waals surface area contributed by atoms with Crippen molar-refractivity contribution in [3.05, 3.63) is 35.3 Å². The Labute approximate surface area is 111 Å². The van der Waals surface area contributed by atoms with Crippen LogP contribution in [0.15, 0.2) is 18.3 Å². The van der Waals surface area contributed by atoms with Crippen molar-refractivity contribution >= 4 is 11.7 Å². The Morgan fingerprint density at radius 3 is 2.68 bits per heavy atom. The summed E-state index contributed by atoms with van der Waals surface area (Å²) in [5.74, 6) is 0.373. The first-order valence-electron chi connectivity index (χ1n) is 5.89.